The van der Waals surface area contributed by atoms with Crippen molar-refractivity contribution in [2.24, 2.45) is 0 Å². The number of nitrogens with one attached hydrogen (secondary N) is 1. The van der Waals surface area contributed by atoms with Crippen LogP contribution >= 0.6 is 34.8 Å². The molecule has 0 aliphatic carbocycles. The molecule has 0 aliphatic rings. The van der Waals surface area contributed by atoms with Crippen LogP contribution < -0.4 is 10.1 Å². The smallest absolute Gasteiger partial charge is 0.255 e. The average molecular weight is 487 g/mol. The molecule has 1 heterocycles. The molecule has 0 bridgehead atoms. The number of benzene rings is 3. The average Bonchev–Trinajstić information content (AvgIpc) is 3.21. The van der Waals surface area contributed by atoms with E-state index in [1.807, 2.05) is 30.3 Å². The Bertz CT molecular complexity index is 1260. The Morgan fingerprint density at radius 3 is 2.59 bits per heavy atom. The molecule has 0 atom stereocenters. The zero-order valence-corrected chi connectivity index (χ0v) is 19.0. The Hall–Kier alpha value is -2.99. The standard InChI is InChI=1S/C24H18Cl3N3O2/c25-19-7-2-4-16(11-19)13-30-14-20(12-28-30)29-24(31)18-6-1-5-17(10-18)15-32-22-9-3-8-21(26)23(22)27/h1-12,14H,13,15H2,(H,29,31). The maximum atomic E-state index is 12.7. The quantitative estimate of drug-likeness (QED) is 0.315. The number of hydrogen-bond acceptors (Lipinski definition) is 3. The molecule has 3 aromatic carbocycles. The first-order valence-electron chi connectivity index (χ1n) is 9.72. The first-order chi connectivity index (χ1) is 15.5. The zero-order valence-electron chi connectivity index (χ0n) is 16.8. The summed E-state index contributed by atoms with van der Waals surface area (Å²) in [5.41, 5.74) is 2.95. The number of halogens is 3. The summed E-state index contributed by atoms with van der Waals surface area (Å²) in [7, 11) is 0. The molecular formula is C24H18Cl3N3O2. The largest absolute Gasteiger partial charge is 0.487 e. The van der Waals surface area contributed by atoms with E-state index in [0.29, 0.717) is 38.6 Å². The van der Waals surface area contributed by atoms with Crippen LogP contribution in [-0.4, -0.2) is 15.7 Å². The minimum absolute atomic E-state index is 0.241. The number of hydrogen-bond donors (Lipinski definition) is 1. The molecule has 0 unspecified atom stereocenters. The van der Waals surface area contributed by atoms with Crippen LogP contribution in [0.1, 0.15) is 21.5 Å². The van der Waals surface area contributed by atoms with Crippen LogP contribution in [0.4, 0.5) is 5.69 Å². The molecule has 1 amide bonds. The van der Waals surface area contributed by atoms with E-state index in [4.69, 9.17) is 39.5 Å². The molecule has 1 N–H and O–H groups in total. The molecular weight excluding hydrogens is 469 g/mol. The highest BCUT2D eigenvalue weighted by Gasteiger charge is 2.10. The van der Waals surface area contributed by atoms with Gasteiger partial charge in [-0.05, 0) is 47.5 Å². The van der Waals surface area contributed by atoms with Gasteiger partial charge in [-0.2, -0.15) is 5.10 Å². The number of aromatic nitrogens is 2. The Labute approximate surface area is 200 Å². The maximum absolute atomic E-state index is 12.7. The maximum Gasteiger partial charge on any atom is 0.255 e. The van der Waals surface area contributed by atoms with Gasteiger partial charge in [-0.3, -0.25) is 9.48 Å². The van der Waals surface area contributed by atoms with Crippen LogP contribution in [0.15, 0.2) is 79.1 Å². The lowest BCUT2D eigenvalue weighted by Gasteiger charge is -2.10. The van der Waals surface area contributed by atoms with Gasteiger partial charge in [0.2, 0.25) is 0 Å². The predicted molar refractivity (Wildman–Crippen MR) is 128 cm³/mol. The van der Waals surface area contributed by atoms with Crippen molar-refractivity contribution in [3.05, 3.63) is 111 Å². The molecule has 4 aromatic rings. The summed E-state index contributed by atoms with van der Waals surface area (Å²) < 4.78 is 7.49. The minimum Gasteiger partial charge on any atom is -0.487 e. The third-order valence-corrected chi connectivity index (χ3v) is 5.66. The lowest BCUT2D eigenvalue weighted by Crippen LogP contribution is -2.12. The molecule has 0 saturated heterocycles. The molecule has 0 radical (unpaired) electrons. The summed E-state index contributed by atoms with van der Waals surface area (Å²) in [6, 6.07) is 19.9. The van der Waals surface area contributed by atoms with Gasteiger partial charge in [0, 0.05) is 16.8 Å². The number of anilines is 1. The predicted octanol–water partition coefficient (Wildman–Crippen LogP) is 6.72. The first kappa shape index (κ1) is 22.2. The van der Waals surface area contributed by atoms with Crippen molar-refractivity contribution in [2.75, 3.05) is 5.32 Å². The molecule has 0 aliphatic heterocycles. The summed E-state index contributed by atoms with van der Waals surface area (Å²) in [6.07, 6.45) is 3.38. The number of rotatable bonds is 7. The summed E-state index contributed by atoms with van der Waals surface area (Å²) in [5, 5.41) is 8.62. The third-order valence-electron chi connectivity index (χ3n) is 4.62. The molecule has 1 aromatic heterocycles. The Balaban J connectivity index is 1.39. The van der Waals surface area contributed by atoms with Gasteiger partial charge in [0.25, 0.3) is 5.91 Å². The van der Waals surface area contributed by atoms with Gasteiger partial charge in [0.05, 0.1) is 23.5 Å². The normalized spacial score (nSPS) is 10.7. The van der Waals surface area contributed by atoms with E-state index in [0.717, 1.165) is 11.1 Å². The van der Waals surface area contributed by atoms with Gasteiger partial charge in [-0.1, -0.05) is 65.1 Å². The summed E-state index contributed by atoms with van der Waals surface area (Å²) in [6.45, 7) is 0.800. The van der Waals surface area contributed by atoms with Crippen molar-refractivity contribution in [1.82, 2.24) is 9.78 Å². The van der Waals surface area contributed by atoms with Gasteiger partial charge in [0.1, 0.15) is 17.4 Å². The second-order valence-corrected chi connectivity index (χ2v) is 8.27. The topological polar surface area (TPSA) is 56.2 Å². The number of carbonyl (C=O) groups is 1. The number of ether oxygens (including phenoxy) is 1. The van der Waals surface area contributed by atoms with Gasteiger partial charge in [0.15, 0.2) is 0 Å². The van der Waals surface area contributed by atoms with Crippen LogP contribution in [0.2, 0.25) is 15.1 Å². The van der Waals surface area contributed by atoms with Crippen molar-refractivity contribution in [1.29, 1.82) is 0 Å². The lowest BCUT2D eigenvalue weighted by atomic mass is 10.1. The van der Waals surface area contributed by atoms with E-state index in [1.54, 1.807) is 53.5 Å². The Morgan fingerprint density at radius 2 is 1.75 bits per heavy atom. The van der Waals surface area contributed by atoms with Crippen molar-refractivity contribution in [2.45, 2.75) is 13.2 Å². The van der Waals surface area contributed by atoms with Crippen molar-refractivity contribution in [3.8, 4) is 5.75 Å². The highest BCUT2D eigenvalue weighted by molar-refractivity contribution is 6.42. The van der Waals surface area contributed by atoms with E-state index < -0.39 is 0 Å². The van der Waals surface area contributed by atoms with Gasteiger partial charge in [-0.15, -0.1) is 0 Å². The SMILES string of the molecule is O=C(Nc1cnn(Cc2cccc(Cl)c2)c1)c1cccc(COc2cccc(Cl)c2Cl)c1. The second kappa shape index (κ2) is 10.1. The molecule has 162 valence electrons. The Morgan fingerprint density at radius 1 is 0.969 bits per heavy atom. The minimum atomic E-state index is -0.241. The van der Waals surface area contributed by atoms with E-state index in [9.17, 15) is 4.79 Å². The summed E-state index contributed by atoms with van der Waals surface area (Å²) in [5.74, 6) is 0.246. The molecule has 8 heteroatoms. The van der Waals surface area contributed by atoms with Crippen molar-refractivity contribution < 1.29 is 9.53 Å². The number of amides is 1. The van der Waals surface area contributed by atoms with Crippen molar-refractivity contribution in [3.63, 3.8) is 0 Å². The molecule has 32 heavy (non-hydrogen) atoms. The fourth-order valence-corrected chi connectivity index (χ4v) is 3.66. The van der Waals surface area contributed by atoms with Crippen LogP contribution in [-0.2, 0) is 13.2 Å². The molecule has 5 nitrogen and oxygen atoms in total. The lowest BCUT2D eigenvalue weighted by molar-refractivity contribution is 0.102. The van der Waals surface area contributed by atoms with Crippen molar-refractivity contribution >= 4 is 46.4 Å². The first-order valence-corrected chi connectivity index (χ1v) is 10.9. The van der Waals surface area contributed by atoms with Gasteiger partial charge >= 0.3 is 0 Å². The van der Waals surface area contributed by atoms with Crippen LogP contribution in [0, 0.1) is 0 Å². The number of nitrogens with zero attached hydrogens (tertiary/aromatic N) is 2. The fraction of sp³-hybridized carbons (Fsp3) is 0.0833. The molecule has 0 spiro atoms. The monoisotopic (exact) mass is 485 g/mol. The van der Waals surface area contributed by atoms with Gasteiger partial charge < -0.3 is 10.1 Å². The third kappa shape index (κ3) is 5.62. The highest BCUT2D eigenvalue weighted by atomic mass is 35.5. The molecule has 0 saturated carbocycles. The summed E-state index contributed by atoms with van der Waals surface area (Å²) in [4.78, 5) is 12.7. The zero-order chi connectivity index (χ0) is 22.5. The highest BCUT2D eigenvalue weighted by Crippen LogP contribution is 2.32. The second-order valence-electron chi connectivity index (χ2n) is 7.05. The van der Waals surface area contributed by atoms with Crippen LogP contribution in [0.5, 0.6) is 5.75 Å². The summed E-state index contributed by atoms with van der Waals surface area (Å²) >= 11 is 18.2. The molecule has 4 rings (SSSR count). The van der Waals surface area contributed by atoms with Crippen LogP contribution in [0.25, 0.3) is 0 Å². The van der Waals surface area contributed by atoms with Gasteiger partial charge in [-0.25, -0.2) is 0 Å². The molecule has 0 fully saturated rings. The van der Waals surface area contributed by atoms with E-state index in [-0.39, 0.29) is 12.5 Å². The number of carbonyl (C=O) groups excluding carboxylic acids is 1. The van der Waals surface area contributed by atoms with E-state index in [2.05, 4.69) is 10.4 Å². The van der Waals surface area contributed by atoms with Crippen LogP contribution in [0.3, 0.4) is 0 Å². The fourth-order valence-electron chi connectivity index (χ4n) is 3.10. The van der Waals surface area contributed by atoms with E-state index in [1.165, 1.54) is 0 Å². The Kier molecular flexibility index (Phi) is 7.00. The van der Waals surface area contributed by atoms with E-state index >= 15 is 0 Å².